The zero-order chi connectivity index (χ0) is 22.0. The van der Waals surface area contributed by atoms with Gasteiger partial charge in [-0.05, 0) is 55.0 Å². The van der Waals surface area contributed by atoms with Gasteiger partial charge in [-0.15, -0.1) is 0 Å². The van der Waals surface area contributed by atoms with Gasteiger partial charge in [0.15, 0.2) is 0 Å². The van der Waals surface area contributed by atoms with Gasteiger partial charge in [-0.1, -0.05) is 36.7 Å². The first kappa shape index (κ1) is 21.0. The first-order valence-electron chi connectivity index (χ1n) is 9.97. The van der Waals surface area contributed by atoms with Crippen molar-refractivity contribution in [1.82, 2.24) is 15.1 Å². The molecule has 4 rings (SSSR count). The summed E-state index contributed by atoms with van der Waals surface area (Å²) in [6, 6.07) is 18.4. The fourth-order valence-corrected chi connectivity index (χ4v) is 3.66. The van der Waals surface area contributed by atoms with Gasteiger partial charge in [-0.25, -0.2) is 9.07 Å². The van der Waals surface area contributed by atoms with Gasteiger partial charge in [0, 0.05) is 16.5 Å². The van der Waals surface area contributed by atoms with Crippen LogP contribution in [0.5, 0.6) is 0 Å². The number of hydrogen-bond acceptors (Lipinski definition) is 3. The van der Waals surface area contributed by atoms with Crippen LogP contribution in [0.2, 0.25) is 5.02 Å². The van der Waals surface area contributed by atoms with Gasteiger partial charge in [-0.2, -0.15) is 5.10 Å². The first-order chi connectivity index (χ1) is 15.0. The fourth-order valence-electron chi connectivity index (χ4n) is 3.43. The Labute approximate surface area is 184 Å². The fraction of sp³-hybridized carbons (Fsp3) is 0.167. The average molecular weight is 438 g/mol. The van der Waals surface area contributed by atoms with Gasteiger partial charge in [0.05, 0.1) is 28.9 Å². The Hall–Kier alpha value is -3.22. The highest BCUT2D eigenvalue weighted by atomic mass is 35.5. The van der Waals surface area contributed by atoms with Gasteiger partial charge >= 0.3 is 0 Å². The third-order valence-electron chi connectivity index (χ3n) is 5.19. The summed E-state index contributed by atoms with van der Waals surface area (Å²) in [7, 11) is 0. The van der Waals surface area contributed by atoms with Crippen molar-refractivity contribution >= 4 is 28.4 Å². The van der Waals surface area contributed by atoms with Gasteiger partial charge in [0.25, 0.3) is 5.91 Å². The number of fused-ring (bicyclic) bond motifs is 1. The lowest BCUT2D eigenvalue weighted by atomic mass is 10.1. The van der Waals surface area contributed by atoms with Crippen LogP contribution in [0.4, 0.5) is 4.39 Å². The van der Waals surface area contributed by atoms with Crippen molar-refractivity contribution in [3.05, 3.63) is 83.1 Å². The molecule has 0 saturated carbocycles. The lowest BCUT2D eigenvalue weighted by Crippen LogP contribution is -2.36. The number of benzene rings is 3. The number of rotatable bonds is 6. The van der Waals surface area contributed by atoms with E-state index in [1.54, 1.807) is 35.0 Å². The number of carbonyl (C=O) groups is 1. The summed E-state index contributed by atoms with van der Waals surface area (Å²) >= 11 is 6.42. The third kappa shape index (κ3) is 4.17. The molecule has 0 spiro atoms. The summed E-state index contributed by atoms with van der Waals surface area (Å²) in [4.78, 5) is 12.7. The highest BCUT2D eigenvalue weighted by Crippen LogP contribution is 2.34. The van der Waals surface area contributed by atoms with Crippen molar-refractivity contribution in [3.63, 3.8) is 0 Å². The van der Waals surface area contributed by atoms with Crippen molar-refractivity contribution in [2.45, 2.75) is 19.4 Å². The Kier molecular flexibility index (Phi) is 6.02. The van der Waals surface area contributed by atoms with E-state index in [1.165, 1.54) is 12.1 Å². The molecule has 31 heavy (non-hydrogen) atoms. The second-order valence-corrected chi connectivity index (χ2v) is 7.62. The Morgan fingerprint density at radius 2 is 1.90 bits per heavy atom. The van der Waals surface area contributed by atoms with E-state index in [9.17, 15) is 14.3 Å². The maximum atomic E-state index is 13.5. The molecule has 158 valence electrons. The van der Waals surface area contributed by atoms with Crippen molar-refractivity contribution in [2.24, 2.45) is 0 Å². The number of carbonyl (C=O) groups excluding carboxylic acids is 1. The topological polar surface area (TPSA) is 67.2 Å². The van der Waals surface area contributed by atoms with Gasteiger partial charge in [0.1, 0.15) is 11.5 Å². The van der Waals surface area contributed by atoms with Crippen molar-refractivity contribution in [3.8, 4) is 16.9 Å². The number of aliphatic hydroxyl groups is 1. The smallest absolute Gasteiger partial charge is 0.251 e. The van der Waals surface area contributed by atoms with Crippen LogP contribution in [0.25, 0.3) is 27.8 Å². The van der Waals surface area contributed by atoms with Crippen LogP contribution >= 0.6 is 11.6 Å². The lowest BCUT2D eigenvalue weighted by molar-refractivity contribution is 0.0915. The largest absolute Gasteiger partial charge is 0.394 e. The molecule has 0 bridgehead atoms. The second kappa shape index (κ2) is 8.88. The molecule has 1 atom stereocenters. The summed E-state index contributed by atoms with van der Waals surface area (Å²) in [5.74, 6) is -0.629. The molecule has 0 aliphatic carbocycles. The molecule has 7 heteroatoms. The standard InChI is InChI=1S/C24H21ClFN3O2/c1-2-17(14-30)27-24(31)15-7-12-20-22(13-15)29(18-10-8-16(26)9-11-18)28-23(20)19-5-3-4-6-21(19)25/h3-13,17,30H,2,14H2,1H3,(H,27,31). The summed E-state index contributed by atoms with van der Waals surface area (Å²) in [5, 5.41) is 18.3. The molecule has 0 saturated heterocycles. The SMILES string of the molecule is CCC(CO)NC(=O)c1ccc2c(-c3ccccc3Cl)nn(-c3ccc(F)cc3)c2c1. The van der Waals surface area contributed by atoms with Crippen LogP contribution in [-0.4, -0.2) is 33.4 Å². The average Bonchev–Trinajstić information content (AvgIpc) is 3.16. The number of nitrogens with one attached hydrogen (secondary N) is 1. The van der Waals surface area contributed by atoms with Gasteiger partial charge in [0.2, 0.25) is 0 Å². The van der Waals surface area contributed by atoms with Gasteiger partial charge < -0.3 is 10.4 Å². The summed E-state index contributed by atoms with van der Waals surface area (Å²) < 4.78 is 15.2. The van der Waals surface area contributed by atoms with Crippen molar-refractivity contribution in [2.75, 3.05) is 6.61 Å². The lowest BCUT2D eigenvalue weighted by Gasteiger charge is -2.14. The van der Waals surface area contributed by atoms with Crippen LogP contribution in [0.3, 0.4) is 0 Å². The molecular weight excluding hydrogens is 417 g/mol. The molecule has 1 amide bonds. The number of halogens is 2. The van der Waals surface area contributed by atoms with E-state index in [4.69, 9.17) is 16.7 Å². The highest BCUT2D eigenvalue weighted by Gasteiger charge is 2.18. The van der Waals surface area contributed by atoms with E-state index >= 15 is 0 Å². The molecule has 0 aliphatic rings. The first-order valence-corrected chi connectivity index (χ1v) is 10.3. The Balaban J connectivity index is 1.88. The number of aromatic nitrogens is 2. The number of nitrogens with zero attached hydrogens (tertiary/aromatic N) is 2. The molecule has 4 aromatic rings. The normalized spacial score (nSPS) is 12.1. The maximum Gasteiger partial charge on any atom is 0.251 e. The zero-order valence-electron chi connectivity index (χ0n) is 16.8. The van der Waals surface area contributed by atoms with Gasteiger partial charge in [-0.3, -0.25) is 4.79 Å². The van der Waals surface area contributed by atoms with Crippen LogP contribution in [0.1, 0.15) is 23.7 Å². The molecule has 1 unspecified atom stereocenters. The summed E-state index contributed by atoms with van der Waals surface area (Å²) in [6.07, 6.45) is 0.620. The Bertz CT molecular complexity index is 1230. The number of amides is 1. The van der Waals surface area contributed by atoms with E-state index in [0.717, 1.165) is 10.9 Å². The molecule has 3 aromatic carbocycles. The van der Waals surface area contributed by atoms with E-state index < -0.39 is 0 Å². The second-order valence-electron chi connectivity index (χ2n) is 7.21. The molecule has 1 heterocycles. The molecule has 1 aromatic heterocycles. The van der Waals surface area contributed by atoms with Crippen LogP contribution in [0, 0.1) is 5.82 Å². The maximum absolute atomic E-state index is 13.5. The van der Waals surface area contributed by atoms with Crippen molar-refractivity contribution < 1.29 is 14.3 Å². The molecule has 0 aliphatic heterocycles. The van der Waals surface area contributed by atoms with Crippen LogP contribution < -0.4 is 5.32 Å². The molecular formula is C24H21ClFN3O2. The minimum atomic E-state index is -0.346. The quantitative estimate of drug-likeness (QED) is 0.446. The number of aliphatic hydroxyl groups excluding tert-OH is 1. The number of hydrogen-bond donors (Lipinski definition) is 2. The molecule has 0 radical (unpaired) electrons. The minimum Gasteiger partial charge on any atom is -0.394 e. The van der Waals surface area contributed by atoms with E-state index in [-0.39, 0.29) is 24.4 Å². The van der Waals surface area contributed by atoms with E-state index in [1.807, 2.05) is 31.2 Å². The monoisotopic (exact) mass is 437 g/mol. The highest BCUT2D eigenvalue weighted by molar-refractivity contribution is 6.33. The summed E-state index contributed by atoms with van der Waals surface area (Å²) in [6.45, 7) is 1.76. The Morgan fingerprint density at radius 1 is 1.16 bits per heavy atom. The van der Waals surface area contributed by atoms with Crippen LogP contribution in [-0.2, 0) is 0 Å². The predicted octanol–water partition coefficient (Wildman–Crippen LogP) is 4.99. The molecule has 0 fully saturated rings. The Morgan fingerprint density at radius 3 is 2.58 bits per heavy atom. The molecule has 5 nitrogen and oxygen atoms in total. The van der Waals surface area contributed by atoms with E-state index in [2.05, 4.69) is 5.32 Å². The third-order valence-corrected chi connectivity index (χ3v) is 5.52. The minimum absolute atomic E-state index is 0.130. The van der Waals surface area contributed by atoms with E-state index in [0.29, 0.717) is 33.9 Å². The summed E-state index contributed by atoms with van der Waals surface area (Å²) in [5.41, 5.74) is 3.21. The predicted molar refractivity (Wildman–Crippen MR) is 120 cm³/mol. The van der Waals surface area contributed by atoms with Crippen LogP contribution in [0.15, 0.2) is 66.7 Å². The molecule has 2 N–H and O–H groups in total. The zero-order valence-corrected chi connectivity index (χ0v) is 17.6. The van der Waals surface area contributed by atoms with Crippen molar-refractivity contribution in [1.29, 1.82) is 0 Å².